The first-order valence-corrected chi connectivity index (χ1v) is 16.2. The van der Waals surface area contributed by atoms with Crippen molar-refractivity contribution in [3.63, 3.8) is 0 Å². The maximum atomic E-state index is 13.7. The molecule has 2 aliphatic rings. The normalized spacial score (nSPS) is 19.3. The van der Waals surface area contributed by atoms with Gasteiger partial charge in [-0.05, 0) is 80.7 Å². The summed E-state index contributed by atoms with van der Waals surface area (Å²) in [6, 6.07) is 17.4. The number of methoxy groups -OCH3 is 1. The molecule has 2 aromatic carbocycles. The van der Waals surface area contributed by atoms with Gasteiger partial charge in [0, 0.05) is 37.8 Å². The Labute approximate surface area is 261 Å². The maximum absolute atomic E-state index is 13.7. The number of amides is 2. The van der Waals surface area contributed by atoms with Crippen LogP contribution < -0.4 is 15.4 Å². The van der Waals surface area contributed by atoms with Crippen LogP contribution in [0.1, 0.15) is 96.1 Å². The van der Waals surface area contributed by atoms with Gasteiger partial charge in [0.15, 0.2) is 5.69 Å². The van der Waals surface area contributed by atoms with E-state index < -0.39 is 18.1 Å². The second kappa shape index (κ2) is 14.9. The molecule has 3 aromatic rings. The Morgan fingerprint density at radius 3 is 2.66 bits per heavy atom. The first-order valence-electron chi connectivity index (χ1n) is 16.2. The molecule has 236 valence electrons. The van der Waals surface area contributed by atoms with Gasteiger partial charge in [0.25, 0.3) is 11.8 Å². The summed E-state index contributed by atoms with van der Waals surface area (Å²) in [5.41, 5.74) is 4.12. The summed E-state index contributed by atoms with van der Waals surface area (Å²) in [6.07, 6.45) is 6.65. The average molecular weight is 602 g/mol. The number of likely N-dealkylation sites (tertiary alicyclic amines) is 1. The Morgan fingerprint density at radius 2 is 1.91 bits per heavy atom. The molecule has 0 saturated carbocycles. The van der Waals surface area contributed by atoms with Gasteiger partial charge in [-0.1, -0.05) is 49.7 Å². The van der Waals surface area contributed by atoms with Crippen molar-refractivity contribution in [2.45, 2.75) is 96.0 Å². The predicted octanol–water partition coefficient (Wildman–Crippen LogP) is 4.69. The van der Waals surface area contributed by atoms with Gasteiger partial charge in [-0.15, -0.1) is 0 Å². The van der Waals surface area contributed by atoms with E-state index in [0.717, 1.165) is 62.8 Å². The van der Waals surface area contributed by atoms with E-state index in [1.54, 1.807) is 17.9 Å². The molecular weight excluding hydrogens is 554 g/mol. The molecular formula is C35H47N5O4. The zero-order valence-corrected chi connectivity index (χ0v) is 26.3. The zero-order chi connectivity index (χ0) is 31.1. The van der Waals surface area contributed by atoms with Crippen LogP contribution in [0.5, 0.6) is 5.75 Å². The van der Waals surface area contributed by atoms with Gasteiger partial charge in [-0.2, -0.15) is 5.10 Å². The highest BCUT2D eigenvalue weighted by molar-refractivity contribution is 5.98. The van der Waals surface area contributed by atoms with Crippen molar-refractivity contribution in [2.24, 2.45) is 0 Å². The minimum absolute atomic E-state index is 0.0601. The van der Waals surface area contributed by atoms with Gasteiger partial charge in [-0.25, -0.2) is 0 Å². The molecule has 44 heavy (non-hydrogen) atoms. The first kappa shape index (κ1) is 31.7. The molecule has 0 spiro atoms. The third kappa shape index (κ3) is 7.33. The minimum Gasteiger partial charge on any atom is -0.497 e. The predicted molar refractivity (Wildman–Crippen MR) is 171 cm³/mol. The lowest BCUT2D eigenvalue weighted by molar-refractivity contribution is 0.0588. The Bertz CT molecular complexity index is 1410. The summed E-state index contributed by atoms with van der Waals surface area (Å²) < 4.78 is 7.06. The molecule has 0 bridgehead atoms. The zero-order valence-electron chi connectivity index (χ0n) is 26.3. The summed E-state index contributed by atoms with van der Waals surface area (Å²) in [5, 5.41) is 22.6. The van der Waals surface area contributed by atoms with Gasteiger partial charge in [0.2, 0.25) is 0 Å². The van der Waals surface area contributed by atoms with Crippen molar-refractivity contribution < 1.29 is 19.4 Å². The number of rotatable bonds is 13. The Kier molecular flexibility index (Phi) is 10.7. The summed E-state index contributed by atoms with van der Waals surface area (Å²) >= 11 is 0. The van der Waals surface area contributed by atoms with Crippen molar-refractivity contribution in [3.8, 4) is 5.75 Å². The smallest absolute Gasteiger partial charge is 0.272 e. The fourth-order valence-electron chi connectivity index (χ4n) is 6.71. The number of nitrogens with zero attached hydrogens (tertiary/aromatic N) is 3. The van der Waals surface area contributed by atoms with E-state index in [2.05, 4.69) is 34.8 Å². The van der Waals surface area contributed by atoms with E-state index in [0.29, 0.717) is 25.2 Å². The second-order valence-electron chi connectivity index (χ2n) is 12.1. The number of piperidine rings is 1. The molecule has 1 saturated heterocycles. The lowest BCUT2D eigenvalue weighted by Gasteiger charge is -2.35. The second-order valence-corrected chi connectivity index (χ2v) is 12.1. The molecule has 9 nitrogen and oxygen atoms in total. The van der Waals surface area contributed by atoms with Gasteiger partial charge >= 0.3 is 0 Å². The topological polar surface area (TPSA) is 109 Å². The van der Waals surface area contributed by atoms with E-state index in [4.69, 9.17) is 4.74 Å². The largest absolute Gasteiger partial charge is 0.497 e. The molecule has 1 aliphatic heterocycles. The molecule has 5 rings (SSSR count). The van der Waals surface area contributed by atoms with Crippen LogP contribution in [0.15, 0.2) is 54.6 Å². The molecule has 2 heterocycles. The molecule has 1 fully saturated rings. The van der Waals surface area contributed by atoms with E-state index in [9.17, 15) is 14.7 Å². The molecule has 4 atom stereocenters. The number of ether oxygens (including phenoxy) is 1. The van der Waals surface area contributed by atoms with E-state index in [-0.39, 0.29) is 23.7 Å². The lowest BCUT2D eigenvalue weighted by Crippen LogP contribution is -2.49. The van der Waals surface area contributed by atoms with E-state index >= 15 is 0 Å². The van der Waals surface area contributed by atoms with Crippen molar-refractivity contribution in [1.29, 1.82) is 0 Å². The van der Waals surface area contributed by atoms with Crippen LogP contribution in [0.25, 0.3) is 0 Å². The third-order valence-electron chi connectivity index (χ3n) is 9.12. The number of aromatic nitrogens is 2. The standard InChI is InChI=1S/C35H47N5O4/c1-4-11-26-14-9-10-19-39(26)35(43)32-22-31(38-40(32)5-2)34(42)37-30(20-24-12-7-6-8-13-24)33(41)23-36-29-18-16-25-15-17-27(44-3)21-28(25)29/h6-8,12-13,15,17,21-22,26,29-30,33,36,41H,4-5,9-11,14,16,18-20,23H2,1-3H3,(H,37,42)/t26?,29-,30+,33+/m1/s1. The van der Waals surface area contributed by atoms with Crippen molar-refractivity contribution >= 4 is 11.8 Å². The van der Waals surface area contributed by atoms with E-state index in [1.165, 1.54) is 11.1 Å². The van der Waals surface area contributed by atoms with Crippen LogP contribution in [0.3, 0.4) is 0 Å². The van der Waals surface area contributed by atoms with Gasteiger partial charge in [0.05, 0.1) is 19.3 Å². The summed E-state index contributed by atoms with van der Waals surface area (Å²) in [5.74, 6) is 0.360. The SMILES string of the molecule is CCCC1CCCCN1C(=O)c1cc(C(=O)N[C@@H](Cc2ccccc2)[C@@H](O)CN[C@@H]2CCc3ccc(OC)cc32)nn1CC. The highest BCUT2D eigenvalue weighted by Crippen LogP contribution is 2.33. The van der Waals surface area contributed by atoms with Crippen molar-refractivity contribution in [1.82, 2.24) is 25.3 Å². The highest BCUT2D eigenvalue weighted by atomic mass is 16.5. The number of benzene rings is 2. The Hall–Kier alpha value is -3.69. The number of aliphatic hydroxyl groups is 1. The van der Waals surface area contributed by atoms with Crippen LogP contribution in [-0.4, -0.2) is 70.0 Å². The number of nitrogens with one attached hydrogen (secondary N) is 2. The minimum atomic E-state index is -0.855. The fourth-order valence-corrected chi connectivity index (χ4v) is 6.71. The van der Waals surface area contributed by atoms with Gasteiger partial charge < -0.3 is 25.4 Å². The number of fused-ring (bicyclic) bond motifs is 1. The van der Waals surface area contributed by atoms with Crippen molar-refractivity contribution in [3.05, 3.63) is 82.7 Å². The van der Waals surface area contributed by atoms with E-state index in [1.807, 2.05) is 48.2 Å². The summed E-state index contributed by atoms with van der Waals surface area (Å²) in [7, 11) is 1.67. The molecule has 1 aliphatic carbocycles. The third-order valence-corrected chi connectivity index (χ3v) is 9.12. The summed E-state index contributed by atoms with van der Waals surface area (Å²) in [4.78, 5) is 29.3. The van der Waals surface area contributed by atoms with Gasteiger partial charge in [-0.3, -0.25) is 14.3 Å². The number of aryl methyl sites for hydroxylation is 2. The summed E-state index contributed by atoms with van der Waals surface area (Å²) in [6.45, 7) is 5.59. The average Bonchev–Trinajstić information content (AvgIpc) is 3.68. The van der Waals surface area contributed by atoms with Crippen LogP contribution in [0, 0.1) is 0 Å². The lowest BCUT2D eigenvalue weighted by atomic mass is 9.98. The molecule has 9 heteroatoms. The highest BCUT2D eigenvalue weighted by Gasteiger charge is 2.31. The molecule has 0 radical (unpaired) electrons. The molecule has 3 N–H and O–H groups in total. The number of hydrogen-bond donors (Lipinski definition) is 3. The number of aliphatic hydroxyl groups excluding tert-OH is 1. The van der Waals surface area contributed by atoms with Crippen LogP contribution in [0.2, 0.25) is 0 Å². The number of carbonyl (C=O) groups excluding carboxylic acids is 2. The molecule has 1 unspecified atom stereocenters. The molecule has 1 aromatic heterocycles. The van der Waals surface area contributed by atoms with Gasteiger partial charge in [0.1, 0.15) is 11.4 Å². The van der Waals surface area contributed by atoms with Crippen LogP contribution in [-0.2, 0) is 19.4 Å². The Morgan fingerprint density at radius 1 is 1.09 bits per heavy atom. The maximum Gasteiger partial charge on any atom is 0.272 e. The number of carbonyl (C=O) groups is 2. The first-order chi connectivity index (χ1) is 21.4. The monoisotopic (exact) mass is 601 g/mol. The van der Waals surface area contributed by atoms with Crippen LogP contribution >= 0.6 is 0 Å². The fraction of sp³-hybridized carbons (Fsp3) is 0.514. The Balaban J connectivity index is 1.30. The van der Waals surface area contributed by atoms with Crippen molar-refractivity contribution in [2.75, 3.05) is 20.2 Å². The number of hydrogen-bond acceptors (Lipinski definition) is 6. The van der Waals surface area contributed by atoms with Crippen LogP contribution in [0.4, 0.5) is 0 Å². The quantitative estimate of drug-likeness (QED) is 0.263. The molecule has 2 amide bonds.